The Hall–Kier alpha value is -2.44. The highest BCUT2D eigenvalue weighted by atomic mass is 32.2. The fraction of sp³-hybridized carbons (Fsp3) is 0.100. The van der Waals surface area contributed by atoms with Crippen LogP contribution in [0.3, 0.4) is 0 Å². The average molecular weight is 382 g/mol. The number of carbonyl (C=O) groups excluding carboxylic acids is 1. The number of para-hydroxylation sites is 1. The van der Waals surface area contributed by atoms with Crippen LogP contribution in [-0.2, 0) is 11.3 Å². The number of aromatic nitrogens is 1. The van der Waals surface area contributed by atoms with Crippen molar-refractivity contribution in [2.45, 2.75) is 6.54 Å². The third-order valence-electron chi connectivity index (χ3n) is 4.36. The number of amides is 1. The fourth-order valence-corrected chi connectivity index (χ4v) is 4.16. The lowest BCUT2D eigenvalue weighted by Gasteiger charge is -2.05. The lowest BCUT2D eigenvalue weighted by Crippen LogP contribution is -2.22. The van der Waals surface area contributed by atoms with Gasteiger partial charge in [-0.3, -0.25) is 9.69 Å². The van der Waals surface area contributed by atoms with Crippen LogP contribution in [0.5, 0.6) is 0 Å². The Morgan fingerprint density at radius 2 is 1.88 bits per heavy atom. The molecule has 1 aliphatic rings. The van der Waals surface area contributed by atoms with E-state index in [2.05, 4.69) is 4.57 Å². The largest absolute Gasteiger partial charge is 0.342 e. The summed E-state index contributed by atoms with van der Waals surface area (Å²) in [5.74, 6) is -0.316. The molecule has 4 rings (SSSR count). The van der Waals surface area contributed by atoms with Crippen LogP contribution in [-0.4, -0.2) is 26.7 Å². The van der Waals surface area contributed by atoms with E-state index < -0.39 is 0 Å². The standard InChI is InChI=1S/C20H15FN2OS2/c1-22-19(24)18(26-20(22)25)10-14-12-23(17-5-3-2-4-16(14)17)11-13-6-8-15(21)9-7-13/h2-10,12H,11H2,1H3/b18-10+. The minimum absolute atomic E-state index is 0.0737. The average Bonchev–Trinajstić information content (AvgIpc) is 3.10. The topological polar surface area (TPSA) is 25.2 Å². The van der Waals surface area contributed by atoms with Crippen molar-refractivity contribution < 1.29 is 9.18 Å². The van der Waals surface area contributed by atoms with Crippen LogP contribution in [0.2, 0.25) is 0 Å². The molecule has 1 aromatic heterocycles. The van der Waals surface area contributed by atoms with E-state index in [1.807, 2.05) is 36.5 Å². The Kier molecular flexibility index (Phi) is 4.38. The third kappa shape index (κ3) is 3.06. The first-order valence-electron chi connectivity index (χ1n) is 8.07. The molecule has 0 bridgehead atoms. The van der Waals surface area contributed by atoms with Crippen molar-refractivity contribution >= 4 is 51.2 Å². The summed E-state index contributed by atoms with van der Waals surface area (Å²) in [4.78, 5) is 14.4. The second-order valence-electron chi connectivity index (χ2n) is 6.10. The Bertz CT molecular complexity index is 1050. The predicted octanol–water partition coefficient (Wildman–Crippen LogP) is 4.66. The molecule has 2 aromatic carbocycles. The van der Waals surface area contributed by atoms with E-state index in [1.54, 1.807) is 19.2 Å². The van der Waals surface area contributed by atoms with E-state index in [0.29, 0.717) is 15.8 Å². The predicted molar refractivity (Wildman–Crippen MR) is 108 cm³/mol. The summed E-state index contributed by atoms with van der Waals surface area (Å²) < 4.78 is 15.8. The molecule has 1 fully saturated rings. The van der Waals surface area contributed by atoms with Gasteiger partial charge in [0.15, 0.2) is 0 Å². The normalized spacial score (nSPS) is 16.2. The van der Waals surface area contributed by atoms with Crippen LogP contribution in [0.4, 0.5) is 4.39 Å². The summed E-state index contributed by atoms with van der Waals surface area (Å²) in [6.45, 7) is 0.628. The van der Waals surface area contributed by atoms with Gasteiger partial charge in [0, 0.05) is 36.3 Å². The first kappa shape index (κ1) is 17.0. The summed E-state index contributed by atoms with van der Waals surface area (Å²) in [5, 5.41) is 1.07. The molecule has 1 saturated heterocycles. The molecular formula is C20H15FN2OS2. The summed E-state index contributed by atoms with van der Waals surface area (Å²) in [5.41, 5.74) is 3.05. The van der Waals surface area contributed by atoms with E-state index in [9.17, 15) is 9.18 Å². The number of thioether (sulfide) groups is 1. The number of hydrogen-bond acceptors (Lipinski definition) is 3. The van der Waals surface area contributed by atoms with E-state index in [4.69, 9.17) is 12.2 Å². The molecule has 0 atom stereocenters. The summed E-state index contributed by atoms with van der Waals surface area (Å²) in [6, 6.07) is 14.5. The highest BCUT2D eigenvalue weighted by Gasteiger charge is 2.29. The van der Waals surface area contributed by atoms with Gasteiger partial charge in [-0.1, -0.05) is 54.3 Å². The molecule has 6 heteroatoms. The van der Waals surface area contributed by atoms with Gasteiger partial charge < -0.3 is 4.57 Å². The fourth-order valence-electron chi connectivity index (χ4n) is 2.99. The van der Waals surface area contributed by atoms with E-state index in [0.717, 1.165) is 22.0 Å². The molecule has 130 valence electrons. The molecule has 0 saturated carbocycles. The van der Waals surface area contributed by atoms with Crippen LogP contribution in [0.25, 0.3) is 17.0 Å². The summed E-state index contributed by atoms with van der Waals surface area (Å²) >= 11 is 6.52. The van der Waals surface area contributed by atoms with Gasteiger partial charge in [-0.25, -0.2) is 4.39 Å². The molecule has 0 spiro atoms. The Balaban J connectivity index is 1.76. The molecule has 26 heavy (non-hydrogen) atoms. The van der Waals surface area contributed by atoms with Gasteiger partial charge in [-0.05, 0) is 29.8 Å². The van der Waals surface area contributed by atoms with Gasteiger partial charge in [0.05, 0.1) is 4.91 Å². The van der Waals surface area contributed by atoms with Crippen molar-refractivity contribution in [2.75, 3.05) is 7.05 Å². The zero-order valence-electron chi connectivity index (χ0n) is 14.0. The molecule has 0 unspecified atom stereocenters. The Morgan fingerprint density at radius 1 is 1.15 bits per heavy atom. The van der Waals surface area contributed by atoms with E-state index in [1.165, 1.54) is 28.8 Å². The number of likely N-dealkylation sites (N-methyl/N-ethyl adjacent to an activating group) is 1. The highest BCUT2D eigenvalue weighted by molar-refractivity contribution is 8.26. The number of thiocarbonyl (C=S) groups is 1. The number of fused-ring (bicyclic) bond motifs is 1. The number of rotatable bonds is 3. The molecule has 3 nitrogen and oxygen atoms in total. The maximum atomic E-state index is 13.1. The summed E-state index contributed by atoms with van der Waals surface area (Å²) in [6.07, 6.45) is 3.92. The van der Waals surface area contributed by atoms with Crippen molar-refractivity contribution in [3.05, 3.63) is 76.6 Å². The molecule has 0 aliphatic carbocycles. The maximum absolute atomic E-state index is 13.1. The van der Waals surface area contributed by atoms with E-state index in [-0.39, 0.29) is 11.7 Å². The van der Waals surface area contributed by atoms with Gasteiger partial charge in [0.2, 0.25) is 0 Å². The van der Waals surface area contributed by atoms with Crippen LogP contribution < -0.4 is 0 Å². The van der Waals surface area contributed by atoms with Crippen molar-refractivity contribution in [3.63, 3.8) is 0 Å². The molecular weight excluding hydrogens is 367 g/mol. The molecule has 3 aromatic rings. The Morgan fingerprint density at radius 3 is 2.58 bits per heavy atom. The number of carbonyl (C=O) groups is 1. The first-order chi connectivity index (χ1) is 12.5. The van der Waals surface area contributed by atoms with Crippen LogP contribution in [0.15, 0.2) is 59.6 Å². The molecule has 2 heterocycles. The third-order valence-corrected chi connectivity index (χ3v) is 5.84. The lowest BCUT2D eigenvalue weighted by molar-refractivity contribution is -0.121. The minimum Gasteiger partial charge on any atom is -0.342 e. The van der Waals surface area contributed by atoms with Crippen molar-refractivity contribution in [2.24, 2.45) is 0 Å². The summed E-state index contributed by atoms with van der Waals surface area (Å²) in [7, 11) is 1.69. The van der Waals surface area contributed by atoms with Crippen molar-refractivity contribution in [1.29, 1.82) is 0 Å². The second-order valence-corrected chi connectivity index (χ2v) is 7.77. The van der Waals surface area contributed by atoms with Gasteiger partial charge in [-0.2, -0.15) is 0 Å². The zero-order chi connectivity index (χ0) is 18.3. The number of nitrogens with zero attached hydrogens (tertiary/aromatic N) is 2. The van der Waals surface area contributed by atoms with Crippen molar-refractivity contribution in [1.82, 2.24) is 9.47 Å². The van der Waals surface area contributed by atoms with Gasteiger partial charge >= 0.3 is 0 Å². The van der Waals surface area contributed by atoms with E-state index >= 15 is 0 Å². The zero-order valence-corrected chi connectivity index (χ0v) is 15.6. The SMILES string of the molecule is CN1C(=O)/C(=C\c2cn(Cc3ccc(F)cc3)c3ccccc23)SC1=S. The van der Waals surface area contributed by atoms with Gasteiger partial charge in [0.1, 0.15) is 10.1 Å². The monoisotopic (exact) mass is 382 g/mol. The molecule has 0 radical (unpaired) electrons. The van der Waals surface area contributed by atoms with Gasteiger partial charge in [0.25, 0.3) is 5.91 Å². The number of hydrogen-bond donors (Lipinski definition) is 0. The van der Waals surface area contributed by atoms with Crippen molar-refractivity contribution in [3.8, 4) is 0 Å². The quantitative estimate of drug-likeness (QED) is 0.487. The van der Waals surface area contributed by atoms with Crippen LogP contribution >= 0.6 is 24.0 Å². The smallest absolute Gasteiger partial charge is 0.265 e. The van der Waals surface area contributed by atoms with Crippen LogP contribution in [0.1, 0.15) is 11.1 Å². The molecule has 1 amide bonds. The molecule has 0 N–H and O–H groups in total. The number of halogens is 1. The van der Waals surface area contributed by atoms with Crippen LogP contribution in [0, 0.1) is 5.82 Å². The highest BCUT2D eigenvalue weighted by Crippen LogP contribution is 2.33. The number of benzene rings is 2. The van der Waals surface area contributed by atoms with Gasteiger partial charge in [-0.15, -0.1) is 0 Å². The first-order valence-corrected chi connectivity index (χ1v) is 9.29. The second kappa shape index (κ2) is 6.70. The molecule has 1 aliphatic heterocycles. The lowest BCUT2D eigenvalue weighted by atomic mass is 10.1. The Labute approximate surface area is 160 Å². The minimum atomic E-state index is -0.242. The maximum Gasteiger partial charge on any atom is 0.265 e.